The molecule has 86 valence electrons. The van der Waals surface area contributed by atoms with Crippen molar-refractivity contribution in [1.29, 1.82) is 0 Å². The summed E-state index contributed by atoms with van der Waals surface area (Å²) in [4.78, 5) is 13.2. The molecule has 1 aliphatic rings. The molecule has 1 atom stereocenters. The first-order valence-electron chi connectivity index (χ1n) is 5.25. The number of rotatable bonds is 3. The number of halogens is 1. The Kier molecular flexibility index (Phi) is 2.92. The second kappa shape index (κ2) is 4.22. The van der Waals surface area contributed by atoms with E-state index in [1.54, 1.807) is 18.2 Å². The van der Waals surface area contributed by atoms with Crippen molar-refractivity contribution in [2.45, 2.75) is 5.92 Å². The molecule has 1 saturated heterocycles. The number of likely N-dealkylation sites (tertiary alicyclic amines) is 1. The number of nitrogens with zero attached hydrogens (tertiary/aromatic N) is 1. The molecule has 0 saturated carbocycles. The molecule has 1 aliphatic heterocycles. The monoisotopic (exact) mass is 223 g/mol. The second-order valence-electron chi connectivity index (χ2n) is 4.32. The van der Waals surface area contributed by atoms with E-state index in [-0.39, 0.29) is 5.92 Å². The first kappa shape index (κ1) is 11.1. The van der Waals surface area contributed by atoms with Crippen molar-refractivity contribution in [3.63, 3.8) is 0 Å². The molecule has 0 aromatic heterocycles. The van der Waals surface area contributed by atoms with Crippen LogP contribution in [0.1, 0.15) is 11.5 Å². The van der Waals surface area contributed by atoms with Crippen LogP contribution in [0.3, 0.4) is 0 Å². The quantitative estimate of drug-likeness (QED) is 0.845. The summed E-state index contributed by atoms with van der Waals surface area (Å²) < 4.78 is 13.5. The van der Waals surface area contributed by atoms with E-state index in [0.717, 1.165) is 0 Å². The molecule has 0 spiro atoms. The van der Waals surface area contributed by atoms with E-state index in [2.05, 4.69) is 0 Å². The topological polar surface area (TPSA) is 40.5 Å². The zero-order valence-corrected chi connectivity index (χ0v) is 9.06. The fourth-order valence-corrected chi connectivity index (χ4v) is 2.27. The number of carboxylic acid groups (broad SMARTS) is 1. The summed E-state index contributed by atoms with van der Waals surface area (Å²) in [5, 5.41) is 9.19. The number of hydrogen-bond acceptors (Lipinski definition) is 2. The first-order valence-corrected chi connectivity index (χ1v) is 5.25. The van der Waals surface area contributed by atoms with Gasteiger partial charge in [-0.15, -0.1) is 0 Å². The fraction of sp³-hybridized carbons (Fsp3) is 0.417. The van der Waals surface area contributed by atoms with E-state index in [1.807, 2.05) is 11.9 Å². The van der Waals surface area contributed by atoms with Gasteiger partial charge < -0.3 is 10.0 Å². The summed E-state index contributed by atoms with van der Waals surface area (Å²) >= 11 is 0. The summed E-state index contributed by atoms with van der Waals surface area (Å²) in [6.45, 7) is 1.43. The second-order valence-corrected chi connectivity index (χ2v) is 4.32. The van der Waals surface area contributed by atoms with Crippen LogP contribution in [0.4, 0.5) is 4.39 Å². The number of aliphatic carboxylic acids is 1. The Labute approximate surface area is 93.5 Å². The number of benzene rings is 1. The summed E-state index contributed by atoms with van der Waals surface area (Å²) in [6.07, 6.45) is 0. The SMILES string of the molecule is CN1CC(C(C(=O)O)c2ccccc2F)C1. The lowest BCUT2D eigenvalue weighted by molar-refractivity contribution is -0.141. The molecule has 1 unspecified atom stereocenters. The number of carboxylic acids is 1. The molecule has 0 radical (unpaired) electrons. The molecule has 0 aliphatic carbocycles. The Morgan fingerprint density at radius 3 is 2.62 bits per heavy atom. The molecule has 2 rings (SSSR count). The third-order valence-electron chi connectivity index (χ3n) is 3.07. The predicted octanol–water partition coefficient (Wildman–Crippen LogP) is 1.56. The van der Waals surface area contributed by atoms with E-state index in [9.17, 15) is 14.3 Å². The van der Waals surface area contributed by atoms with Crippen LogP contribution in [0.2, 0.25) is 0 Å². The maximum atomic E-state index is 13.5. The minimum Gasteiger partial charge on any atom is -0.481 e. The van der Waals surface area contributed by atoms with Gasteiger partial charge >= 0.3 is 5.97 Å². The van der Waals surface area contributed by atoms with Crippen molar-refractivity contribution in [3.8, 4) is 0 Å². The lowest BCUT2D eigenvalue weighted by Gasteiger charge is -2.39. The van der Waals surface area contributed by atoms with Gasteiger partial charge in [0.15, 0.2) is 0 Å². The molecule has 1 N–H and O–H groups in total. The van der Waals surface area contributed by atoms with E-state index in [4.69, 9.17) is 0 Å². The highest BCUT2D eigenvalue weighted by molar-refractivity contribution is 5.76. The van der Waals surface area contributed by atoms with Gasteiger partial charge in [-0.25, -0.2) is 4.39 Å². The highest BCUT2D eigenvalue weighted by Crippen LogP contribution is 2.32. The molecule has 4 heteroatoms. The minimum atomic E-state index is -0.941. The largest absolute Gasteiger partial charge is 0.481 e. The molecule has 1 aromatic rings. The maximum Gasteiger partial charge on any atom is 0.311 e. The van der Waals surface area contributed by atoms with Crippen molar-refractivity contribution < 1.29 is 14.3 Å². The van der Waals surface area contributed by atoms with Crippen LogP contribution in [-0.2, 0) is 4.79 Å². The van der Waals surface area contributed by atoms with Gasteiger partial charge in [0, 0.05) is 24.6 Å². The molecule has 0 bridgehead atoms. The Balaban J connectivity index is 2.27. The Hall–Kier alpha value is -1.42. The number of carbonyl (C=O) groups is 1. The molecule has 1 aromatic carbocycles. The van der Waals surface area contributed by atoms with Crippen molar-refractivity contribution in [2.24, 2.45) is 5.92 Å². The van der Waals surface area contributed by atoms with Gasteiger partial charge in [-0.2, -0.15) is 0 Å². The van der Waals surface area contributed by atoms with Crippen molar-refractivity contribution >= 4 is 5.97 Å². The summed E-state index contributed by atoms with van der Waals surface area (Å²) in [6, 6.07) is 6.13. The third-order valence-corrected chi connectivity index (χ3v) is 3.07. The highest BCUT2D eigenvalue weighted by atomic mass is 19.1. The molecular weight excluding hydrogens is 209 g/mol. The standard InChI is InChI=1S/C12H14FNO2/c1-14-6-8(7-14)11(12(15)16)9-4-2-3-5-10(9)13/h2-5,8,11H,6-7H2,1H3,(H,15,16). The Morgan fingerprint density at radius 2 is 2.12 bits per heavy atom. The van der Waals surface area contributed by atoms with Crippen LogP contribution in [0.5, 0.6) is 0 Å². The van der Waals surface area contributed by atoms with Crippen LogP contribution < -0.4 is 0 Å². The summed E-state index contributed by atoms with van der Waals surface area (Å²) in [7, 11) is 1.93. The van der Waals surface area contributed by atoms with E-state index >= 15 is 0 Å². The van der Waals surface area contributed by atoms with Crippen LogP contribution >= 0.6 is 0 Å². The van der Waals surface area contributed by atoms with Gasteiger partial charge in [0.1, 0.15) is 5.82 Å². The fourth-order valence-electron chi connectivity index (χ4n) is 2.27. The molecule has 3 nitrogen and oxygen atoms in total. The van der Waals surface area contributed by atoms with E-state index < -0.39 is 17.7 Å². The Morgan fingerprint density at radius 1 is 1.50 bits per heavy atom. The molecule has 1 heterocycles. The summed E-state index contributed by atoms with van der Waals surface area (Å²) in [5.74, 6) is -2.08. The molecule has 16 heavy (non-hydrogen) atoms. The highest BCUT2D eigenvalue weighted by Gasteiger charge is 2.37. The number of hydrogen-bond donors (Lipinski definition) is 1. The van der Waals surface area contributed by atoms with E-state index in [1.165, 1.54) is 6.07 Å². The van der Waals surface area contributed by atoms with Crippen LogP contribution in [0.25, 0.3) is 0 Å². The van der Waals surface area contributed by atoms with Gasteiger partial charge in [0.05, 0.1) is 5.92 Å². The van der Waals surface area contributed by atoms with Crippen LogP contribution in [0, 0.1) is 11.7 Å². The lowest BCUT2D eigenvalue weighted by Crippen LogP contribution is -2.48. The Bertz CT molecular complexity index is 402. The van der Waals surface area contributed by atoms with Gasteiger partial charge in [-0.1, -0.05) is 18.2 Å². The zero-order valence-electron chi connectivity index (χ0n) is 9.06. The van der Waals surface area contributed by atoms with Crippen molar-refractivity contribution in [1.82, 2.24) is 4.90 Å². The van der Waals surface area contributed by atoms with Gasteiger partial charge in [0.25, 0.3) is 0 Å². The van der Waals surface area contributed by atoms with Crippen LogP contribution in [0.15, 0.2) is 24.3 Å². The lowest BCUT2D eigenvalue weighted by atomic mass is 9.81. The third kappa shape index (κ3) is 1.93. The predicted molar refractivity (Wildman–Crippen MR) is 57.8 cm³/mol. The van der Waals surface area contributed by atoms with Crippen LogP contribution in [-0.4, -0.2) is 36.1 Å². The smallest absolute Gasteiger partial charge is 0.311 e. The van der Waals surface area contributed by atoms with E-state index in [0.29, 0.717) is 18.7 Å². The zero-order chi connectivity index (χ0) is 11.7. The molecule has 1 fully saturated rings. The van der Waals surface area contributed by atoms with Crippen molar-refractivity contribution in [3.05, 3.63) is 35.6 Å². The summed E-state index contributed by atoms with van der Waals surface area (Å²) in [5.41, 5.74) is 0.299. The molecular formula is C12H14FNO2. The maximum absolute atomic E-state index is 13.5. The normalized spacial score (nSPS) is 19.1. The average Bonchev–Trinajstić information content (AvgIpc) is 2.18. The first-order chi connectivity index (χ1) is 7.59. The molecule has 0 amide bonds. The van der Waals surface area contributed by atoms with Gasteiger partial charge in [-0.05, 0) is 13.1 Å². The van der Waals surface area contributed by atoms with Gasteiger partial charge in [-0.3, -0.25) is 4.79 Å². The minimum absolute atomic E-state index is 0.0133. The van der Waals surface area contributed by atoms with Gasteiger partial charge in [0.2, 0.25) is 0 Å². The van der Waals surface area contributed by atoms with Crippen molar-refractivity contribution in [2.75, 3.05) is 20.1 Å². The average molecular weight is 223 g/mol.